The van der Waals surface area contributed by atoms with Gasteiger partial charge in [0.25, 0.3) is 0 Å². The molecular formula is C14H16O5. The van der Waals surface area contributed by atoms with E-state index in [2.05, 4.69) is 6.58 Å². The van der Waals surface area contributed by atoms with E-state index in [1.54, 1.807) is 24.3 Å². The number of hydrogen-bond donors (Lipinski definition) is 2. The van der Waals surface area contributed by atoms with Crippen molar-refractivity contribution in [3.05, 3.63) is 47.5 Å². The van der Waals surface area contributed by atoms with Gasteiger partial charge in [-0.1, -0.05) is 30.8 Å². The second kappa shape index (κ2) is 6.70. The van der Waals surface area contributed by atoms with Gasteiger partial charge >= 0.3 is 11.9 Å². The highest BCUT2D eigenvalue weighted by atomic mass is 16.5. The van der Waals surface area contributed by atoms with Crippen LogP contribution in [0.4, 0.5) is 0 Å². The molecule has 0 aromatic heterocycles. The molecule has 2 N–H and O–H groups in total. The predicted octanol–water partition coefficient (Wildman–Crippen LogP) is 1.81. The third kappa shape index (κ3) is 4.93. The fourth-order valence-corrected chi connectivity index (χ4v) is 1.46. The molecule has 1 aromatic rings. The Labute approximate surface area is 111 Å². The summed E-state index contributed by atoms with van der Waals surface area (Å²) in [5.74, 6) is -1.48. The average molecular weight is 264 g/mol. The lowest BCUT2D eigenvalue weighted by Crippen LogP contribution is -2.06. The molecule has 5 nitrogen and oxygen atoms in total. The van der Waals surface area contributed by atoms with Crippen molar-refractivity contribution in [1.82, 2.24) is 0 Å². The van der Waals surface area contributed by atoms with Crippen LogP contribution in [0.15, 0.2) is 36.4 Å². The van der Waals surface area contributed by atoms with Crippen molar-refractivity contribution < 1.29 is 24.5 Å². The van der Waals surface area contributed by atoms with Crippen molar-refractivity contribution in [3.63, 3.8) is 0 Å². The quantitative estimate of drug-likeness (QED) is 0.604. The fraction of sp³-hybridized carbons (Fsp3) is 0.286. The number of aliphatic hydroxyl groups is 1. The molecule has 0 bridgehead atoms. The molecule has 1 rings (SSSR count). The van der Waals surface area contributed by atoms with Crippen LogP contribution < -0.4 is 0 Å². The minimum Gasteiger partial charge on any atom is -0.478 e. The van der Waals surface area contributed by atoms with Crippen LogP contribution in [0.2, 0.25) is 0 Å². The molecular weight excluding hydrogens is 248 g/mol. The highest BCUT2D eigenvalue weighted by Crippen LogP contribution is 2.21. The Hall–Kier alpha value is -2.14. The lowest BCUT2D eigenvalue weighted by atomic mass is 10.0. The lowest BCUT2D eigenvalue weighted by molar-refractivity contribution is -0.142. The maximum absolute atomic E-state index is 10.6. The van der Waals surface area contributed by atoms with Crippen molar-refractivity contribution in [1.29, 1.82) is 0 Å². The zero-order chi connectivity index (χ0) is 14.4. The van der Waals surface area contributed by atoms with E-state index >= 15 is 0 Å². The van der Waals surface area contributed by atoms with Crippen LogP contribution in [0, 0.1) is 0 Å². The number of hydrogen-bond acceptors (Lipinski definition) is 4. The molecule has 5 heteroatoms. The fourth-order valence-electron chi connectivity index (χ4n) is 1.46. The van der Waals surface area contributed by atoms with E-state index in [4.69, 9.17) is 9.84 Å². The number of carbonyl (C=O) groups excluding carboxylic acids is 1. The molecule has 0 radical (unpaired) electrons. The zero-order valence-electron chi connectivity index (χ0n) is 10.6. The smallest absolute Gasteiger partial charge is 0.331 e. The van der Waals surface area contributed by atoms with Crippen molar-refractivity contribution in [3.8, 4) is 0 Å². The Balaban J connectivity index is 2.62. The molecule has 0 aliphatic carbocycles. The molecule has 1 atom stereocenters. The van der Waals surface area contributed by atoms with Gasteiger partial charge in [-0.25, -0.2) is 4.79 Å². The van der Waals surface area contributed by atoms with E-state index in [1.165, 1.54) is 6.92 Å². The maximum atomic E-state index is 10.6. The molecule has 0 fully saturated rings. The van der Waals surface area contributed by atoms with Crippen LogP contribution in [0.25, 0.3) is 0 Å². The van der Waals surface area contributed by atoms with Crippen LogP contribution in [-0.2, 0) is 20.9 Å². The first-order valence-corrected chi connectivity index (χ1v) is 5.71. The average Bonchev–Trinajstić information content (AvgIpc) is 2.36. The van der Waals surface area contributed by atoms with Crippen molar-refractivity contribution in [2.24, 2.45) is 0 Å². The van der Waals surface area contributed by atoms with Crippen molar-refractivity contribution in [2.75, 3.05) is 0 Å². The lowest BCUT2D eigenvalue weighted by Gasteiger charge is -2.11. The molecule has 0 unspecified atom stereocenters. The third-order valence-corrected chi connectivity index (χ3v) is 2.55. The highest BCUT2D eigenvalue weighted by molar-refractivity contribution is 5.85. The first-order valence-electron chi connectivity index (χ1n) is 5.71. The van der Waals surface area contributed by atoms with Crippen LogP contribution in [-0.4, -0.2) is 22.2 Å². The van der Waals surface area contributed by atoms with Crippen LogP contribution in [0.5, 0.6) is 0 Å². The molecule has 0 amide bonds. The number of aliphatic carboxylic acids is 1. The third-order valence-electron chi connectivity index (χ3n) is 2.55. The maximum Gasteiger partial charge on any atom is 0.331 e. The van der Waals surface area contributed by atoms with Crippen LogP contribution in [0.1, 0.15) is 30.6 Å². The van der Waals surface area contributed by atoms with Gasteiger partial charge in [0, 0.05) is 18.9 Å². The van der Waals surface area contributed by atoms with Gasteiger partial charge in [-0.05, 0) is 11.1 Å². The van der Waals surface area contributed by atoms with Crippen molar-refractivity contribution in [2.45, 2.75) is 26.1 Å². The second-order valence-corrected chi connectivity index (χ2v) is 4.15. The summed E-state index contributed by atoms with van der Waals surface area (Å²) in [6.07, 6.45) is -0.940. The minimum atomic E-state index is -1.12. The number of carbonyl (C=O) groups is 2. The van der Waals surface area contributed by atoms with Crippen molar-refractivity contribution >= 4 is 11.9 Å². The monoisotopic (exact) mass is 264 g/mol. The summed E-state index contributed by atoms with van der Waals surface area (Å²) < 4.78 is 4.83. The Kier molecular flexibility index (Phi) is 5.26. The summed E-state index contributed by atoms with van der Waals surface area (Å²) in [5, 5.41) is 18.5. The molecule has 0 saturated heterocycles. The predicted molar refractivity (Wildman–Crippen MR) is 68.3 cm³/mol. The van der Waals surface area contributed by atoms with E-state index < -0.39 is 12.1 Å². The molecule has 0 heterocycles. The number of esters is 1. The number of benzene rings is 1. The van der Waals surface area contributed by atoms with Gasteiger partial charge in [-0.2, -0.15) is 0 Å². The molecule has 0 aliphatic heterocycles. The Morgan fingerprint density at radius 2 is 1.89 bits per heavy atom. The van der Waals surface area contributed by atoms with Gasteiger partial charge in [0.05, 0.1) is 6.10 Å². The summed E-state index contributed by atoms with van der Waals surface area (Å²) in [6, 6.07) is 6.76. The number of carboxylic acid groups (broad SMARTS) is 1. The topological polar surface area (TPSA) is 83.8 Å². The second-order valence-electron chi connectivity index (χ2n) is 4.15. The highest BCUT2D eigenvalue weighted by Gasteiger charge is 2.13. The van der Waals surface area contributed by atoms with Gasteiger partial charge in [0.1, 0.15) is 6.61 Å². The Morgan fingerprint density at radius 1 is 1.32 bits per heavy atom. The molecule has 0 aliphatic rings. The first kappa shape index (κ1) is 14.9. The number of aliphatic hydroxyl groups excluding tert-OH is 1. The summed E-state index contributed by atoms with van der Waals surface area (Å²) in [5.41, 5.74) is 1.34. The minimum absolute atomic E-state index is 0.0291. The molecule has 19 heavy (non-hydrogen) atoms. The summed E-state index contributed by atoms with van der Waals surface area (Å²) in [6.45, 7) is 4.87. The normalized spacial score (nSPS) is 11.7. The van der Waals surface area contributed by atoms with E-state index in [-0.39, 0.29) is 24.6 Å². The van der Waals surface area contributed by atoms with Gasteiger partial charge < -0.3 is 14.9 Å². The molecule has 1 aromatic carbocycles. The summed E-state index contributed by atoms with van der Waals surface area (Å²) in [7, 11) is 0. The van der Waals surface area contributed by atoms with Gasteiger partial charge in [0.15, 0.2) is 0 Å². The van der Waals surface area contributed by atoms with Gasteiger partial charge in [-0.15, -0.1) is 0 Å². The summed E-state index contributed by atoms with van der Waals surface area (Å²) >= 11 is 0. The van der Waals surface area contributed by atoms with Gasteiger partial charge in [-0.3, -0.25) is 4.79 Å². The Morgan fingerprint density at radius 3 is 2.37 bits per heavy atom. The zero-order valence-corrected chi connectivity index (χ0v) is 10.6. The standard InChI is InChI=1S/C14H16O5/c1-9(14(17)18)7-13(16)12-5-3-11(4-6-12)8-19-10(2)15/h3-6,13,16H,1,7-8H2,2H3,(H,17,18)/t13-/m1/s1. The Bertz CT molecular complexity index is 475. The number of ether oxygens (including phenoxy) is 1. The largest absolute Gasteiger partial charge is 0.478 e. The molecule has 0 saturated carbocycles. The van der Waals surface area contributed by atoms with Gasteiger partial charge in [0.2, 0.25) is 0 Å². The van der Waals surface area contributed by atoms with E-state index in [1.807, 2.05) is 0 Å². The SMILES string of the molecule is C=C(C[C@@H](O)c1ccc(COC(C)=O)cc1)C(=O)O. The number of carboxylic acids is 1. The van der Waals surface area contributed by atoms with Crippen LogP contribution in [0.3, 0.4) is 0 Å². The first-order chi connectivity index (χ1) is 8.90. The van der Waals surface area contributed by atoms with E-state index in [0.29, 0.717) is 5.56 Å². The van der Waals surface area contributed by atoms with E-state index in [0.717, 1.165) is 5.56 Å². The van der Waals surface area contributed by atoms with Crippen LogP contribution >= 0.6 is 0 Å². The summed E-state index contributed by atoms with van der Waals surface area (Å²) in [4.78, 5) is 21.3. The molecule has 0 spiro atoms. The molecule has 102 valence electrons. The van der Waals surface area contributed by atoms with E-state index in [9.17, 15) is 14.7 Å². The number of rotatable bonds is 6.